The van der Waals surface area contributed by atoms with E-state index in [0.717, 1.165) is 24.5 Å². The highest BCUT2D eigenvalue weighted by Crippen LogP contribution is 2.26. The van der Waals surface area contributed by atoms with Crippen LogP contribution >= 0.6 is 24.0 Å². The number of hydrogen-bond acceptors (Lipinski definition) is 4. The summed E-state index contributed by atoms with van der Waals surface area (Å²) in [5.74, 6) is 1.70. The predicted octanol–water partition coefficient (Wildman–Crippen LogP) is 2.61. The predicted molar refractivity (Wildman–Crippen MR) is 104 cm³/mol. The number of halogens is 2. The summed E-state index contributed by atoms with van der Waals surface area (Å²) >= 11 is 6.16. The van der Waals surface area contributed by atoms with Crippen molar-refractivity contribution in [2.45, 2.75) is 18.9 Å². The Morgan fingerprint density at radius 2 is 2.27 bits per heavy atom. The van der Waals surface area contributed by atoms with Gasteiger partial charge in [-0.05, 0) is 24.1 Å². The zero-order valence-electron chi connectivity index (χ0n) is 14.9. The lowest BCUT2D eigenvalue weighted by molar-refractivity contribution is -0.134. The van der Waals surface area contributed by atoms with Crippen molar-refractivity contribution < 1.29 is 9.53 Å². The molecule has 0 spiro atoms. The molecule has 1 aliphatic heterocycles. The molecule has 0 bridgehead atoms. The fourth-order valence-corrected chi connectivity index (χ4v) is 3.47. The van der Waals surface area contributed by atoms with Crippen LogP contribution in [-0.4, -0.2) is 47.1 Å². The van der Waals surface area contributed by atoms with Gasteiger partial charge in [-0.3, -0.25) is 4.79 Å². The van der Waals surface area contributed by atoms with Crippen molar-refractivity contribution in [3.05, 3.63) is 47.0 Å². The minimum absolute atomic E-state index is 0. The van der Waals surface area contributed by atoms with Gasteiger partial charge in [0.05, 0.1) is 12.1 Å². The van der Waals surface area contributed by atoms with Gasteiger partial charge >= 0.3 is 0 Å². The second-order valence-corrected chi connectivity index (χ2v) is 6.58. The molecule has 0 radical (unpaired) electrons. The number of nitrogens with one attached hydrogen (secondary N) is 1. The number of amides is 1. The molecule has 2 heterocycles. The first-order valence-electron chi connectivity index (χ1n) is 8.40. The summed E-state index contributed by atoms with van der Waals surface area (Å²) in [7, 11) is 3.55. The highest BCUT2D eigenvalue weighted by molar-refractivity contribution is 6.32. The number of carbonyl (C=O) groups is 1. The Morgan fingerprint density at radius 1 is 1.46 bits per heavy atom. The molecule has 1 amide bonds. The molecule has 1 aromatic carbocycles. The molecule has 1 aliphatic rings. The summed E-state index contributed by atoms with van der Waals surface area (Å²) in [5.41, 5.74) is 1.03. The van der Waals surface area contributed by atoms with Gasteiger partial charge in [0, 0.05) is 45.5 Å². The van der Waals surface area contributed by atoms with Gasteiger partial charge in [-0.15, -0.1) is 12.4 Å². The zero-order chi connectivity index (χ0) is 17.8. The standard InChI is InChI=1S/C18H23ClN4O2.ClH/c1-22-9-8-21-18(22)15-12-20-7-10-23(15)17(24)6-4-13-3-5-16(25-2)14(19)11-13;/h3,5,8-9,11,15,20H,4,6-7,10,12H2,1-2H3;1H. The van der Waals surface area contributed by atoms with Crippen molar-refractivity contribution >= 4 is 29.9 Å². The Morgan fingerprint density at radius 3 is 2.92 bits per heavy atom. The van der Waals surface area contributed by atoms with Crippen LogP contribution in [0.25, 0.3) is 0 Å². The summed E-state index contributed by atoms with van der Waals surface area (Å²) in [4.78, 5) is 19.2. The van der Waals surface area contributed by atoms with Crippen LogP contribution in [0.15, 0.2) is 30.6 Å². The number of aromatic nitrogens is 2. The first-order valence-corrected chi connectivity index (χ1v) is 8.77. The molecule has 142 valence electrons. The number of hydrogen-bond donors (Lipinski definition) is 1. The van der Waals surface area contributed by atoms with E-state index in [4.69, 9.17) is 16.3 Å². The van der Waals surface area contributed by atoms with Gasteiger partial charge < -0.3 is 19.5 Å². The number of benzene rings is 1. The van der Waals surface area contributed by atoms with E-state index in [1.165, 1.54) is 0 Å². The molecule has 0 saturated carbocycles. The van der Waals surface area contributed by atoms with Gasteiger partial charge in [0.15, 0.2) is 0 Å². The molecule has 0 aliphatic carbocycles. The number of aryl methyl sites for hydroxylation is 2. The molecule has 6 nitrogen and oxygen atoms in total. The average molecular weight is 399 g/mol. The van der Waals surface area contributed by atoms with Crippen molar-refractivity contribution in [1.29, 1.82) is 0 Å². The number of rotatable bonds is 5. The second kappa shape index (κ2) is 9.26. The maximum absolute atomic E-state index is 12.8. The van der Waals surface area contributed by atoms with Crippen molar-refractivity contribution in [3.63, 3.8) is 0 Å². The van der Waals surface area contributed by atoms with E-state index in [1.54, 1.807) is 13.3 Å². The minimum atomic E-state index is -0.0271. The third kappa shape index (κ3) is 4.50. The highest BCUT2D eigenvalue weighted by Gasteiger charge is 2.29. The third-order valence-electron chi connectivity index (χ3n) is 4.56. The Labute approximate surface area is 164 Å². The van der Waals surface area contributed by atoms with Gasteiger partial charge in [0.2, 0.25) is 5.91 Å². The van der Waals surface area contributed by atoms with E-state index in [1.807, 2.05) is 40.9 Å². The van der Waals surface area contributed by atoms with Crippen LogP contribution in [0, 0.1) is 0 Å². The van der Waals surface area contributed by atoms with Crippen molar-refractivity contribution in [2.75, 3.05) is 26.7 Å². The summed E-state index contributed by atoms with van der Waals surface area (Å²) in [5, 5.41) is 3.92. The van der Waals surface area contributed by atoms with Gasteiger partial charge in [-0.1, -0.05) is 17.7 Å². The lowest BCUT2D eigenvalue weighted by atomic mass is 10.1. The van der Waals surface area contributed by atoms with Crippen LogP contribution in [-0.2, 0) is 18.3 Å². The van der Waals surface area contributed by atoms with E-state index >= 15 is 0 Å². The molecule has 1 unspecified atom stereocenters. The Bertz CT molecular complexity index is 751. The molecule has 1 aromatic heterocycles. The summed E-state index contributed by atoms with van der Waals surface area (Å²) in [6.45, 7) is 2.23. The number of nitrogens with zero attached hydrogens (tertiary/aromatic N) is 3. The second-order valence-electron chi connectivity index (χ2n) is 6.17. The monoisotopic (exact) mass is 398 g/mol. The fourth-order valence-electron chi connectivity index (χ4n) is 3.19. The van der Waals surface area contributed by atoms with Crippen LogP contribution in [0.3, 0.4) is 0 Å². The lowest BCUT2D eigenvalue weighted by Crippen LogP contribution is -2.49. The van der Waals surface area contributed by atoms with Gasteiger partial charge in [0.1, 0.15) is 17.6 Å². The Kier molecular flexibility index (Phi) is 7.32. The van der Waals surface area contributed by atoms with Gasteiger partial charge in [-0.2, -0.15) is 0 Å². The number of piperazine rings is 1. The third-order valence-corrected chi connectivity index (χ3v) is 4.86. The molecule has 3 rings (SSSR count). The molecule has 2 aromatic rings. The molecule has 8 heteroatoms. The quantitative estimate of drug-likeness (QED) is 0.840. The number of carbonyl (C=O) groups excluding carboxylic acids is 1. The van der Waals surface area contributed by atoms with Crippen molar-refractivity contribution in [2.24, 2.45) is 7.05 Å². The molecule has 1 atom stereocenters. The van der Waals surface area contributed by atoms with Gasteiger partial charge in [-0.25, -0.2) is 4.98 Å². The minimum Gasteiger partial charge on any atom is -0.495 e. The lowest BCUT2D eigenvalue weighted by Gasteiger charge is -2.35. The molecule has 26 heavy (non-hydrogen) atoms. The molecule has 1 fully saturated rings. The largest absolute Gasteiger partial charge is 0.495 e. The first kappa shape index (κ1) is 20.6. The van der Waals surface area contributed by atoms with Crippen LogP contribution in [0.4, 0.5) is 0 Å². The highest BCUT2D eigenvalue weighted by atomic mass is 35.5. The van der Waals surface area contributed by atoms with Gasteiger partial charge in [0.25, 0.3) is 0 Å². The Balaban J connectivity index is 0.00000243. The van der Waals surface area contributed by atoms with Crippen LogP contribution in [0.5, 0.6) is 5.75 Å². The summed E-state index contributed by atoms with van der Waals surface area (Å²) in [6, 6.07) is 5.62. The smallest absolute Gasteiger partial charge is 0.223 e. The van der Waals surface area contributed by atoms with E-state index in [2.05, 4.69) is 10.3 Å². The fraction of sp³-hybridized carbons (Fsp3) is 0.444. The normalized spacial score (nSPS) is 16.9. The topological polar surface area (TPSA) is 59.4 Å². The van der Waals surface area contributed by atoms with E-state index < -0.39 is 0 Å². The van der Waals surface area contributed by atoms with Crippen molar-refractivity contribution in [1.82, 2.24) is 19.8 Å². The van der Waals surface area contributed by atoms with E-state index in [0.29, 0.717) is 30.2 Å². The SMILES string of the molecule is COc1ccc(CCC(=O)N2CCNCC2c2nccn2C)cc1Cl.Cl. The number of methoxy groups -OCH3 is 1. The zero-order valence-corrected chi connectivity index (χ0v) is 16.5. The molecular formula is C18H24Cl2N4O2. The maximum atomic E-state index is 12.8. The molecule has 1 N–H and O–H groups in total. The van der Waals surface area contributed by atoms with E-state index in [-0.39, 0.29) is 24.4 Å². The number of ether oxygens (including phenoxy) is 1. The maximum Gasteiger partial charge on any atom is 0.223 e. The summed E-state index contributed by atoms with van der Waals surface area (Å²) in [6.07, 6.45) is 4.78. The van der Waals surface area contributed by atoms with Crippen LogP contribution < -0.4 is 10.1 Å². The van der Waals surface area contributed by atoms with E-state index in [9.17, 15) is 4.79 Å². The van der Waals surface area contributed by atoms with Crippen LogP contribution in [0.1, 0.15) is 23.9 Å². The summed E-state index contributed by atoms with van der Waals surface area (Å²) < 4.78 is 7.14. The van der Waals surface area contributed by atoms with Crippen LogP contribution in [0.2, 0.25) is 5.02 Å². The first-order chi connectivity index (χ1) is 12.1. The molecular weight excluding hydrogens is 375 g/mol. The average Bonchev–Trinajstić information content (AvgIpc) is 3.05. The van der Waals surface area contributed by atoms with Crippen molar-refractivity contribution in [3.8, 4) is 5.75 Å². The molecule has 1 saturated heterocycles. The number of imidazole rings is 1. The Hall–Kier alpha value is -1.76.